The second-order valence-electron chi connectivity index (χ2n) is 5.83. The van der Waals surface area contributed by atoms with Gasteiger partial charge in [-0.1, -0.05) is 0 Å². The highest BCUT2D eigenvalue weighted by Crippen LogP contribution is 2.27. The van der Waals surface area contributed by atoms with Gasteiger partial charge in [-0.05, 0) is 6.42 Å². The topological polar surface area (TPSA) is 86.8 Å². The number of rotatable bonds is 3. The highest BCUT2D eigenvalue weighted by molar-refractivity contribution is 7.95. The van der Waals surface area contributed by atoms with Crippen LogP contribution >= 0.6 is 0 Å². The summed E-state index contributed by atoms with van der Waals surface area (Å²) in [6.07, 6.45) is 0.249. The van der Waals surface area contributed by atoms with Gasteiger partial charge in [0.05, 0.1) is 16.8 Å². The molecule has 1 unspecified atom stereocenters. The highest BCUT2D eigenvalue weighted by atomic mass is 32.2. The quantitative estimate of drug-likeness (QED) is 0.652. The molecule has 0 spiro atoms. The third-order valence-corrected chi connectivity index (χ3v) is 8.71. The Labute approximate surface area is 120 Å². The van der Waals surface area contributed by atoms with E-state index in [1.54, 1.807) is 0 Å². The number of nitrogens with zero attached hydrogens (tertiary/aromatic N) is 2. The first-order valence-corrected chi connectivity index (χ1v) is 10.4. The Kier molecular flexibility index (Phi) is 3.83. The zero-order valence-corrected chi connectivity index (χ0v) is 13.0. The van der Waals surface area contributed by atoms with Gasteiger partial charge in [0.15, 0.2) is 9.84 Å². The van der Waals surface area contributed by atoms with E-state index < -0.39 is 25.1 Å². The molecule has 1 atom stereocenters. The van der Waals surface area contributed by atoms with E-state index in [0.29, 0.717) is 19.1 Å². The molecule has 9 heteroatoms. The Hall–Kier alpha value is -0.220. The molecule has 3 aliphatic heterocycles. The van der Waals surface area contributed by atoms with Crippen LogP contribution < -0.4 is 5.32 Å². The molecule has 20 heavy (non-hydrogen) atoms. The Morgan fingerprint density at radius 1 is 1.10 bits per heavy atom. The van der Waals surface area contributed by atoms with Crippen LogP contribution in [-0.4, -0.2) is 88.1 Å². The molecular weight excluding hydrogens is 302 g/mol. The van der Waals surface area contributed by atoms with Gasteiger partial charge in [-0.15, -0.1) is 0 Å². The fraction of sp³-hybridized carbons (Fsp3) is 1.00. The van der Waals surface area contributed by atoms with Crippen molar-refractivity contribution in [1.82, 2.24) is 14.5 Å². The van der Waals surface area contributed by atoms with Crippen LogP contribution in [0, 0.1) is 0 Å². The molecule has 7 nitrogen and oxygen atoms in total. The molecule has 1 N–H and O–H groups in total. The molecule has 0 bridgehead atoms. The van der Waals surface area contributed by atoms with Crippen molar-refractivity contribution in [3.05, 3.63) is 0 Å². The van der Waals surface area contributed by atoms with Crippen LogP contribution in [0.5, 0.6) is 0 Å². The lowest BCUT2D eigenvalue weighted by Crippen LogP contribution is -2.64. The molecule has 0 saturated carbocycles. The lowest BCUT2D eigenvalue weighted by Gasteiger charge is -2.46. The van der Waals surface area contributed by atoms with Crippen molar-refractivity contribution in [3.8, 4) is 0 Å². The summed E-state index contributed by atoms with van der Waals surface area (Å²) in [5.74, 6) is -0.198. The molecule has 0 aromatic rings. The van der Waals surface area contributed by atoms with Gasteiger partial charge in [0.2, 0.25) is 10.0 Å². The fourth-order valence-electron chi connectivity index (χ4n) is 3.11. The summed E-state index contributed by atoms with van der Waals surface area (Å²) in [6.45, 7) is 4.83. The summed E-state index contributed by atoms with van der Waals surface area (Å²) >= 11 is 0. The predicted molar refractivity (Wildman–Crippen MR) is 75.8 cm³/mol. The molecule has 0 radical (unpaired) electrons. The van der Waals surface area contributed by atoms with Gasteiger partial charge in [-0.2, -0.15) is 4.31 Å². The first-order chi connectivity index (χ1) is 9.38. The maximum Gasteiger partial charge on any atom is 0.218 e. The maximum atomic E-state index is 12.4. The average Bonchev–Trinajstić information content (AvgIpc) is 2.69. The van der Waals surface area contributed by atoms with Crippen molar-refractivity contribution in [2.24, 2.45) is 0 Å². The van der Waals surface area contributed by atoms with Gasteiger partial charge in [0.1, 0.15) is 0 Å². The summed E-state index contributed by atoms with van der Waals surface area (Å²) in [5.41, 5.74) is 0. The molecule has 0 amide bonds. The first kappa shape index (κ1) is 14.7. The van der Waals surface area contributed by atoms with E-state index in [1.165, 1.54) is 4.31 Å². The number of hydrogen-bond donors (Lipinski definition) is 1. The number of nitrogens with one attached hydrogen (secondary N) is 1. The normalized spacial score (nSPS) is 33.1. The van der Waals surface area contributed by atoms with Crippen LogP contribution in [0.25, 0.3) is 0 Å². The van der Waals surface area contributed by atoms with Gasteiger partial charge in [0.25, 0.3) is 0 Å². The SMILES string of the molecule is O=S1(=O)CCC(S(=O)(=O)N2CC(N3CCNCC3)C2)C1. The molecule has 3 heterocycles. The Bertz CT molecular complexity index is 562. The third-order valence-electron chi connectivity index (χ3n) is 4.47. The predicted octanol–water partition coefficient (Wildman–Crippen LogP) is -1.91. The summed E-state index contributed by atoms with van der Waals surface area (Å²) in [6, 6.07) is 0.296. The van der Waals surface area contributed by atoms with E-state index in [4.69, 9.17) is 0 Å². The van der Waals surface area contributed by atoms with E-state index in [9.17, 15) is 16.8 Å². The highest BCUT2D eigenvalue weighted by Gasteiger charge is 2.46. The van der Waals surface area contributed by atoms with Gasteiger partial charge < -0.3 is 5.32 Å². The molecule has 116 valence electrons. The smallest absolute Gasteiger partial charge is 0.218 e. The van der Waals surface area contributed by atoms with E-state index in [-0.39, 0.29) is 17.9 Å². The standard InChI is InChI=1S/C11H21N3O4S2/c15-19(16)6-1-11(9-19)20(17,18)14-7-10(8-14)13-4-2-12-3-5-13/h10-12H,1-9H2. The zero-order chi connectivity index (χ0) is 14.4. The Morgan fingerprint density at radius 3 is 2.30 bits per heavy atom. The first-order valence-electron chi connectivity index (χ1n) is 7.03. The summed E-state index contributed by atoms with van der Waals surface area (Å²) in [4.78, 5) is 2.31. The van der Waals surface area contributed by atoms with Crippen molar-refractivity contribution in [2.45, 2.75) is 17.7 Å². The molecule has 3 aliphatic rings. The number of sulfonamides is 1. The Balaban J connectivity index is 1.58. The fourth-order valence-corrected chi connectivity index (χ4v) is 7.71. The van der Waals surface area contributed by atoms with E-state index in [0.717, 1.165) is 26.2 Å². The van der Waals surface area contributed by atoms with E-state index >= 15 is 0 Å². The second-order valence-corrected chi connectivity index (χ2v) is 10.3. The van der Waals surface area contributed by atoms with Crippen LogP contribution in [-0.2, 0) is 19.9 Å². The molecular formula is C11H21N3O4S2. The van der Waals surface area contributed by atoms with Crippen LogP contribution in [0.3, 0.4) is 0 Å². The zero-order valence-electron chi connectivity index (χ0n) is 11.4. The van der Waals surface area contributed by atoms with Crippen molar-refractivity contribution in [1.29, 1.82) is 0 Å². The third kappa shape index (κ3) is 2.74. The lowest BCUT2D eigenvalue weighted by molar-refractivity contribution is 0.0768. The minimum absolute atomic E-state index is 0.00591. The van der Waals surface area contributed by atoms with Gasteiger partial charge in [-0.3, -0.25) is 4.90 Å². The maximum absolute atomic E-state index is 12.4. The minimum atomic E-state index is -3.43. The van der Waals surface area contributed by atoms with Crippen LogP contribution in [0.4, 0.5) is 0 Å². The summed E-state index contributed by atoms with van der Waals surface area (Å²) in [7, 11) is -6.59. The summed E-state index contributed by atoms with van der Waals surface area (Å²) in [5, 5.41) is 2.55. The molecule has 0 aromatic heterocycles. The van der Waals surface area contributed by atoms with Gasteiger partial charge >= 0.3 is 0 Å². The number of piperazine rings is 1. The average molecular weight is 323 g/mol. The van der Waals surface area contributed by atoms with Crippen molar-refractivity contribution < 1.29 is 16.8 Å². The van der Waals surface area contributed by atoms with Crippen molar-refractivity contribution >= 4 is 19.9 Å². The van der Waals surface area contributed by atoms with Gasteiger partial charge in [0, 0.05) is 45.3 Å². The van der Waals surface area contributed by atoms with Gasteiger partial charge in [-0.25, -0.2) is 16.8 Å². The van der Waals surface area contributed by atoms with Crippen LogP contribution in [0.2, 0.25) is 0 Å². The Morgan fingerprint density at radius 2 is 1.75 bits per heavy atom. The monoisotopic (exact) mass is 323 g/mol. The van der Waals surface area contributed by atoms with Crippen LogP contribution in [0.1, 0.15) is 6.42 Å². The molecule has 0 aliphatic carbocycles. The largest absolute Gasteiger partial charge is 0.314 e. The van der Waals surface area contributed by atoms with Crippen molar-refractivity contribution in [3.63, 3.8) is 0 Å². The number of hydrogen-bond acceptors (Lipinski definition) is 6. The van der Waals surface area contributed by atoms with E-state index in [1.807, 2.05) is 0 Å². The van der Waals surface area contributed by atoms with Crippen LogP contribution in [0.15, 0.2) is 0 Å². The second kappa shape index (κ2) is 5.20. The minimum Gasteiger partial charge on any atom is -0.314 e. The molecule has 3 fully saturated rings. The van der Waals surface area contributed by atoms with Crippen molar-refractivity contribution in [2.75, 3.05) is 50.8 Å². The lowest BCUT2D eigenvalue weighted by atomic mass is 10.1. The molecule has 3 saturated heterocycles. The van der Waals surface area contributed by atoms with E-state index in [2.05, 4.69) is 10.2 Å². The molecule has 3 rings (SSSR count). The molecule has 0 aromatic carbocycles. The summed E-state index contributed by atoms with van der Waals surface area (Å²) < 4.78 is 49.0. The number of sulfone groups is 1.